The van der Waals surface area contributed by atoms with Crippen LogP contribution in [0.1, 0.15) is 43.6 Å². The van der Waals surface area contributed by atoms with Crippen LogP contribution in [0.15, 0.2) is 53.4 Å². The summed E-state index contributed by atoms with van der Waals surface area (Å²) in [5.41, 5.74) is 2.92. The van der Waals surface area contributed by atoms with Gasteiger partial charge in [0.15, 0.2) is 0 Å². The second kappa shape index (κ2) is 8.53. The summed E-state index contributed by atoms with van der Waals surface area (Å²) in [5.74, 6) is 0.575. The van der Waals surface area contributed by atoms with Crippen molar-refractivity contribution in [1.82, 2.24) is 0 Å². The lowest BCUT2D eigenvalue weighted by molar-refractivity contribution is 0.122. The van der Waals surface area contributed by atoms with Gasteiger partial charge in [-0.25, -0.2) is 8.42 Å². The van der Waals surface area contributed by atoms with Gasteiger partial charge in [-0.2, -0.15) is 0 Å². The first-order chi connectivity index (χ1) is 13.6. The van der Waals surface area contributed by atoms with Gasteiger partial charge in [-0.15, -0.1) is 0 Å². The summed E-state index contributed by atoms with van der Waals surface area (Å²) in [6.45, 7) is 3.17. The molecule has 0 aromatic heterocycles. The molecular formula is C22H28N2O3S. The monoisotopic (exact) mass is 400 g/mol. The first kappa shape index (κ1) is 19.3. The average molecular weight is 401 g/mol. The van der Waals surface area contributed by atoms with E-state index < -0.39 is 10.0 Å². The molecule has 1 aliphatic heterocycles. The Morgan fingerprint density at radius 3 is 2.14 bits per heavy atom. The van der Waals surface area contributed by atoms with Gasteiger partial charge in [0.2, 0.25) is 0 Å². The van der Waals surface area contributed by atoms with Crippen molar-refractivity contribution < 1.29 is 13.2 Å². The Balaban J connectivity index is 1.43. The molecule has 1 aliphatic carbocycles. The molecule has 1 saturated carbocycles. The predicted octanol–water partition coefficient (Wildman–Crippen LogP) is 4.37. The van der Waals surface area contributed by atoms with Gasteiger partial charge in [-0.3, -0.25) is 4.72 Å². The number of hydrogen-bond acceptors (Lipinski definition) is 4. The maximum absolute atomic E-state index is 12.7. The van der Waals surface area contributed by atoms with Crippen LogP contribution >= 0.6 is 0 Å². The number of anilines is 2. The van der Waals surface area contributed by atoms with Crippen molar-refractivity contribution in [2.45, 2.75) is 42.9 Å². The Bertz CT molecular complexity index is 867. The molecule has 4 rings (SSSR count). The lowest BCUT2D eigenvalue weighted by atomic mass is 9.84. The lowest BCUT2D eigenvalue weighted by Gasteiger charge is -2.28. The molecule has 5 nitrogen and oxygen atoms in total. The molecule has 0 amide bonds. The fourth-order valence-electron chi connectivity index (χ4n) is 4.13. The van der Waals surface area contributed by atoms with Gasteiger partial charge in [0.05, 0.1) is 18.1 Å². The van der Waals surface area contributed by atoms with Crippen molar-refractivity contribution in [1.29, 1.82) is 0 Å². The van der Waals surface area contributed by atoms with Crippen LogP contribution in [0.2, 0.25) is 0 Å². The zero-order valence-electron chi connectivity index (χ0n) is 16.1. The summed E-state index contributed by atoms with van der Waals surface area (Å²) < 4.78 is 33.5. The highest BCUT2D eigenvalue weighted by molar-refractivity contribution is 7.92. The Morgan fingerprint density at radius 2 is 1.50 bits per heavy atom. The van der Waals surface area contributed by atoms with E-state index in [9.17, 15) is 8.42 Å². The van der Waals surface area contributed by atoms with Crippen molar-refractivity contribution >= 4 is 21.4 Å². The normalized spacial score (nSPS) is 18.8. The lowest BCUT2D eigenvalue weighted by Crippen LogP contribution is -2.36. The molecule has 6 heteroatoms. The highest BCUT2D eigenvalue weighted by atomic mass is 32.2. The number of hydrogen-bond donors (Lipinski definition) is 1. The molecule has 2 aromatic carbocycles. The zero-order valence-corrected chi connectivity index (χ0v) is 17.0. The molecular weight excluding hydrogens is 372 g/mol. The average Bonchev–Trinajstić information content (AvgIpc) is 2.75. The summed E-state index contributed by atoms with van der Waals surface area (Å²) in [4.78, 5) is 2.55. The van der Waals surface area contributed by atoms with Crippen LogP contribution in [0.4, 0.5) is 11.4 Å². The minimum Gasteiger partial charge on any atom is -0.378 e. The standard InChI is InChI=1S/C22H28N2O3S/c25-28(26,22-12-6-19(7-13-22)18-4-2-1-3-5-18)23-20-8-10-21(11-9-20)24-14-16-27-17-15-24/h6-13,18,23H,1-5,14-17H2. The van der Waals surface area contributed by atoms with Crippen molar-refractivity contribution in [3.8, 4) is 0 Å². The molecule has 1 saturated heterocycles. The third-order valence-corrected chi connectivity index (χ3v) is 7.16. The fraction of sp³-hybridized carbons (Fsp3) is 0.455. The first-order valence-electron chi connectivity index (χ1n) is 10.2. The van der Waals surface area contributed by atoms with Gasteiger partial charge in [0.1, 0.15) is 0 Å². The van der Waals surface area contributed by atoms with Crippen LogP contribution in [-0.2, 0) is 14.8 Å². The number of morpholine rings is 1. The van der Waals surface area contributed by atoms with Crippen LogP contribution in [-0.4, -0.2) is 34.7 Å². The van der Waals surface area contributed by atoms with Gasteiger partial charge in [-0.05, 0) is 60.7 Å². The van der Waals surface area contributed by atoms with E-state index in [2.05, 4.69) is 9.62 Å². The largest absolute Gasteiger partial charge is 0.378 e. The SMILES string of the molecule is O=S(=O)(Nc1ccc(N2CCOCC2)cc1)c1ccc(C2CCCCC2)cc1. The van der Waals surface area contributed by atoms with E-state index in [4.69, 9.17) is 4.74 Å². The number of rotatable bonds is 5. The summed E-state index contributed by atoms with van der Waals surface area (Å²) in [6, 6.07) is 15.0. The summed E-state index contributed by atoms with van der Waals surface area (Å²) in [5, 5.41) is 0. The predicted molar refractivity (Wildman–Crippen MR) is 113 cm³/mol. The molecule has 0 bridgehead atoms. The van der Waals surface area contributed by atoms with Crippen molar-refractivity contribution in [2.24, 2.45) is 0 Å². The van der Waals surface area contributed by atoms with Crippen LogP contribution in [0, 0.1) is 0 Å². The molecule has 2 aromatic rings. The zero-order chi connectivity index (χ0) is 19.4. The maximum Gasteiger partial charge on any atom is 0.261 e. The summed E-state index contributed by atoms with van der Waals surface area (Å²) >= 11 is 0. The van der Waals surface area contributed by atoms with Crippen molar-refractivity contribution in [3.05, 3.63) is 54.1 Å². The van der Waals surface area contributed by atoms with Crippen LogP contribution in [0.25, 0.3) is 0 Å². The second-order valence-electron chi connectivity index (χ2n) is 7.66. The third kappa shape index (κ3) is 4.50. The molecule has 0 spiro atoms. The Labute approximate surface area is 167 Å². The topological polar surface area (TPSA) is 58.6 Å². The van der Waals surface area contributed by atoms with E-state index in [0.29, 0.717) is 16.5 Å². The van der Waals surface area contributed by atoms with Gasteiger partial charge >= 0.3 is 0 Å². The number of benzene rings is 2. The number of ether oxygens (including phenoxy) is 1. The molecule has 2 aliphatic rings. The van der Waals surface area contributed by atoms with E-state index >= 15 is 0 Å². The second-order valence-corrected chi connectivity index (χ2v) is 9.34. The molecule has 0 radical (unpaired) electrons. The molecule has 2 fully saturated rings. The number of nitrogens with one attached hydrogen (secondary N) is 1. The number of sulfonamides is 1. The minimum absolute atomic E-state index is 0.310. The Morgan fingerprint density at radius 1 is 0.857 bits per heavy atom. The molecule has 150 valence electrons. The highest BCUT2D eigenvalue weighted by Gasteiger charge is 2.18. The van der Waals surface area contributed by atoms with E-state index in [1.807, 2.05) is 36.4 Å². The highest BCUT2D eigenvalue weighted by Crippen LogP contribution is 2.33. The minimum atomic E-state index is -3.58. The molecule has 0 unspecified atom stereocenters. The Hall–Kier alpha value is -2.05. The summed E-state index contributed by atoms with van der Waals surface area (Å²) in [7, 11) is -3.58. The number of nitrogens with zero attached hydrogens (tertiary/aromatic N) is 1. The van der Waals surface area contributed by atoms with Gasteiger partial charge in [-0.1, -0.05) is 31.4 Å². The first-order valence-corrected chi connectivity index (χ1v) is 11.7. The van der Waals surface area contributed by atoms with Gasteiger partial charge < -0.3 is 9.64 Å². The molecule has 1 N–H and O–H groups in total. The van der Waals surface area contributed by atoms with E-state index in [1.54, 1.807) is 12.1 Å². The van der Waals surface area contributed by atoms with E-state index in [1.165, 1.54) is 37.7 Å². The summed E-state index contributed by atoms with van der Waals surface area (Å²) in [6.07, 6.45) is 6.27. The molecule has 0 atom stereocenters. The van der Waals surface area contributed by atoms with Gasteiger partial charge in [0.25, 0.3) is 10.0 Å². The molecule has 1 heterocycles. The van der Waals surface area contributed by atoms with Crippen LogP contribution < -0.4 is 9.62 Å². The van der Waals surface area contributed by atoms with Crippen molar-refractivity contribution in [3.63, 3.8) is 0 Å². The quantitative estimate of drug-likeness (QED) is 0.810. The third-order valence-electron chi connectivity index (χ3n) is 5.76. The van der Waals surface area contributed by atoms with Crippen LogP contribution in [0.5, 0.6) is 0 Å². The maximum atomic E-state index is 12.7. The molecule has 28 heavy (non-hydrogen) atoms. The Kier molecular flexibility index (Phi) is 5.87. The van der Waals surface area contributed by atoms with Crippen molar-refractivity contribution in [2.75, 3.05) is 35.9 Å². The van der Waals surface area contributed by atoms with E-state index in [0.717, 1.165) is 32.0 Å². The fourth-order valence-corrected chi connectivity index (χ4v) is 5.19. The van der Waals surface area contributed by atoms with E-state index in [-0.39, 0.29) is 0 Å². The van der Waals surface area contributed by atoms with Gasteiger partial charge in [0, 0.05) is 24.5 Å². The smallest absolute Gasteiger partial charge is 0.261 e. The van der Waals surface area contributed by atoms with Crippen LogP contribution in [0.3, 0.4) is 0 Å².